The summed E-state index contributed by atoms with van der Waals surface area (Å²) in [6.07, 6.45) is 2.43. The molecule has 33 heavy (non-hydrogen) atoms. The first-order valence-corrected chi connectivity index (χ1v) is 10.8. The Labute approximate surface area is 192 Å². The summed E-state index contributed by atoms with van der Waals surface area (Å²) >= 11 is 0. The molecule has 8 heteroatoms. The van der Waals surface area contributed by atoms with E-state index in [1.54, 1.807) is 28.9 Å². The summed E-state index contributed by atoms with van der Waals surface area (Å²) in [6, 6.07) is 18.6. The number of rotatable bonds is 8. The second-order valence-electron chi connectivity index (χ2n) is 7.58. The lowest BCUT2D eigenvalue weighted by Crippen LogP contribution is -2.06. The highest BCUT2D eigenvalue weighted by atomic mass is 16.5. The molecule has 0 spiro atoms. The number of hydrazone groups is 1. The van der Waals surface area contributed by atoms with Crippen LogP contribution in [0.2, 0.25) is 0 Å². The first-order chi connectivity index (χ1) is 16.0. The average molecular weight is 443 g/mol. The molecule has 2 N–H and O–H groups in total. The molecule has 0 aliphatic heterocycles. The second-order valence-corrected chi connectivity index (χ2v) is 7.58. The molecule has 2 aromatic carbocycles. The summed E-state index contributed by atoms with van der Waals surface area (Å²) in [5, 5.41) is 19.1. The van der Waals surface area contributed by atoms with Crippen LogP contribution in [0, 0.1) is 13.8 Å². The van der Waals surface area contributed by atoms with Crippen molar-refractivity contribution in [1.82, 2.24) is 19.7 Å². The van der Waals surface area contributed by atoms with E-state index in [1.807, 2.05) is 57.2 Å². The van der Waals surface area contributed by atoms with Crippen LogP contribution in [-0.4, -0.2) is 37.7 Å². The normalized spacial score (nSPS) is 11.1. The topological polar surface area (TPSA) is 97.5 Å². The molecule has 0 saturated heterocycles. The van der Waals surface area contributed by atoms with Gasteiger partial charge >= 0.3 is 0 Å². The van der Waals surface area contributed by atoms with Gasteiger partial charge in [0, 0.05) is 29.0 Å². The maximum absolute atomic E-state index is 10.3. The SMILES string of the molecule is CCCOc1ccc(/C=N\Nc2cc(-n3nc(C)cc3C)nc(-c3ccccc3)n2)c(O)c1. The fourth-order valence-electron chi connectivity index (χ4n) is 3.29. The van der Waals surface area contributed by atoms with Crippen molar-refractivity contribution in [3.63, 3.8) is 0 Å². The molecule has 0 aliphatic carbocycles. The lowest BCUT2D eigenvalue weighted by molar-refractivity contribution is 0.315. The summed E-state index contributed by atoms with van der Waals surface area (Å²) in [5.74, 6) is 2.40. The summed E-state index contributed by atoms with van der Waals surface area (Å²) in [4.78, 5) is 9.31. The molecule has 8 nitrogen and oxygen atoms in total. The predicted octanol–water partition coefficient (Wildman–Crippen LogP) is 4.89. The molecular formula is C25H26N6O2. The van der Waals surface area contributed by atoms with E-state index in [0.717, 1.165) is 23.4 Å². The molecule has 168 valence electrons. The molecule has 0 atom stereocenters. The second kappa shape index (κ2) is 9.95. The van der Waals surface area contributed by atoms with Gasteiger partial charge in [-0.25, -0.2) is 14.6 Å². The van der Waals surface area contributed by atoms with Gasteiger partial charge in [-0.05, 0) is 38.5 Å². The van der Waals surface area contributed by atoms with Gasteiger partial charge in [0.1, 0.15) is 11.5 Å². The van der Waals surface area contributed by atoms with E-state index in [4.69, 9.17) is 9.72 Å². The van der Waals surface area contributed by atoms with Gasteiger partial charge in [0.25, 0.3) is 0 Å². The van der Waals surface area contributed by atoms with Crippen LogP contribution in [0.25, 0.3) is 17.2 Å². The number of hydrogen-bond acceptors (Lipinski definition) is 7. The quantitative estimate of drug-likeness (QED) is 0.298. The number of hydrogen-bond donors (Lipinski definition) is 2. The van der Waals surface area contributed by atoms with Crippen LogP contribution < -0.4 is 10.2 Å². The number of phenols is 1. The van der Waals surface area contributed by atoms with Crippen LogP contribution in [0.3, 0.4) is 0 Å². The first kappa shape index (κ1) is 22.0. The summed E-state index contributed by atoms with van der Waals surface area (Å²) < 4.78 is 7.32. The summed E-state index contributed by atoms with van der Waals surface area (Å²) in [6.45, 7) is 6.55. The molecule has 0 bridgehead atoms. The molecule has 2 heterocycles. The van der Waals surface area contributed by atoms with Crippen molar-refractivity contribution in [2.45, 2.75) is 27.2 Å². The average Bonchev–Trinajstić information content (AvgIpc) is 3.17. The van der Waals surface area contributed by atoms with Crippen LogP contribution in [0.5, 0.6) is 11.5 Å². The first-order valence-electron chi connectivity index (χ1n) is 10.8. The molecule has 0 aliphatic rings. The van der Waals surface area contributed by atoms with Crippen molar-refractivity contribution in [2.75, 3.05) is 12.0 Å². The van der Waals surface area contributed by atoms with Gasteiger partial charge in [-0.15, -0.1) is 0 Å². The van der Waals surface area contributed by atoms with Crippen LogP contribution >= 0.6 is 0 Å². The number of aromatic nitrogens is 4. The number of benzene rings is 2. The van der Waals surface area contributed by atoms with Gasteiger partial charge in [-0.2, -0.15) is 10.2 Å². The fraction of sp³-hybridized carbons (Fsp3) is 0.200. The number of nitrogens with zero attached hydrogens (tertiary/aromatic N) is 5. The number of aryl methyl sites for hydroxylation is 2. The molecular weight excluding hydrogens is 416 g/mol. The maximum Gasteiger partial charge on any atom is 0.164 e. The van der Waals surface area contributed by atoms with E-state index in [2.05, 4.69) is 20.6 Å². The third-order valence-electron chi connectivity index (χ3n) is 4.83. The van der Waals surface area contributed by atoms with Crippen molar-refractivity contribution in [3.05, 3.63) is 77.6 Å². The van der Waals surface area contributed by atoms with E-state index in [9.17, 15) is 5.11 Å². The molecule has 4 aromatic rings. The van der Waals surface area contributed by atoms with Gasteiger partial charge in [-0.3, -0.25) is 5.43 Å². The molecule has 4 rings (SSSR count). The van der Waals surface area contributed by atoms with Crippen LogP contribution in [0.1, 0.15) is 30.3 Å². The van der Waals surface area contributed by atoms with Gasteiger partial charge in [0.15, 0.2) is 17.5 Å². The largest absolute Gasteiger partial charge is 0.507 e. The Bertz CT molecular complexity index is 1270. The highest BCUT2D eigenvalue weighted by Crippen LogP contribution is 2.23. The van der Waals surface area contributed by atoms with Crippen molar-refractivity contribution in [2.24, 2.45) is 5.10 Å². The Morgan fingerprint density at radius 3 is 2.58 bits per heavy atom. The molecule has 0 radical (unpaired) electrons. The van der Waals surface area contributed by atoms with E-state index in [0.29, 0.717) is 35.4 Å². The van der Waals surface area contributed by atoms with Crippen molar-refractivity contribution in [3.8, 4) is 28.7 Å². The van der Waals surface area contributed by atoms with E-state index >= 15 is 0 Å². The third kappa shape index (κ3) is 5.35. The van der Waals surface area contributed by atoms with E-state index in [-0.39, 0.29) is 5.75 Å². The zero-order valence-corrected chi connectivity index (χ0v) is 18.9. The standard InChI is InChI=1S/C25H26N6O2/c1-4-12-33-21-11-10-20(22(32)14-21)16-26-29-23-15-24(31-18(3)13-17(2)30-31)28-25(27-23)19-8-6-5-7-9-19/h5-11,13-16,32H,4,12H2,1-3H3,(H,27,28,29)/b26-16-. The van der Waals surface area contributed by atoms with Crippen LogP contribution in [0.15, 0.2) is 65.8 Å². The minimum atomic E-state index is 0.0881. The molecule has 2 aromatic heterocycles. The molecule has 0 saturated carbocycles. The zero-order chi connectivity index (χ0) is 23.2. The Morgan fingerprint density at radius 1 is 1.06 bits per heavy atom. The van der Waals surface area contributed by atoms with Crippen molar-refractivity contribution >= 4 is 12.0 Å². The Hall–Kier alpha value is -4.20. The summed E-state index contributed by atoms with van der Waals surface area (Å²) in [7, 11) is 0. The molecule has 0 fully saturated rings. The van der Waals surface area contributed by atoms with Crippen LogP contribution in [0.4, 0.5) is 5.82 Å². The smallest absolute Gasteiger partial charge is 0.164 e. The van der Waals surface area contributed by atoms with Gasteiger partial charge in [0.2, 0.25) is 0 Å². The maximum atomic E-state index is 10.3. The monoisotopic (exact) mass is 442 g/mol. The Balaban J connectivity index is 1.62. The lowest BCUT2D eigenvalue weighted by atomic mass is 10.2. The minimum absolute atomic E-state index is 0.0881. The Morgan fingerprint density at radius 2 is 1.88 bits per heavy atom. The number of nitrogens with one attached hydrogen (secondary N) is 1. The van der Waals surface area contributed by atoms with Gasteiger partial charge in [0.05, 0.1) is 18.5 Å². The highest BCUT2D eigenvalue weighted by Gasteiger charge is 2.11. The summed E-state index contributed by atoms with van der Waals surface area (Å²) in [5.41, 5.74) is 6.26. The lowest BCUT2D eigenvalue weighted by Gasteiger charge is -2.09. The molecule has 0 unspecified atom stereocenters. The van der Waals surface area contributed by atoms with E-state index < -0.39 is 0 Å². The van der Waals surface area contributed by atoms with Crippen molar-refractivity contribution in [1.29, 1.82) is 0 Å². The van der Waals surface area contributed by atoms with Crippen LogP contribution in [-0.2, 0) is 0 Å². The zero-order valence-electron chi connectivity index (χ0n) is 18.9. The number of anilines is 1. The number of ether oxygens (including phenoxy) is 1. The number of phenolic OH excluding ortho intramolecular Hbond substituents is 1. The van der Waals surface area contributed by atoms with Gasteiger partial charge < -0.3 is 9.84 Å². The fourth-order valence-corrected chi connectivity index (χ4v) is 3.29. The van der Waals surface area contributed by atoms with E-state index in [1.165, 1.54) is 6.21 Å². The van der Waals surface area contributed by atoms with Gasteiger partial charge in [-0.1, -0.05) is 37.3 Å². The third-order valence-corrected chi connectivity index (χ3v) is 4.83. The number of aromatic hydroxyl groups is 1. The molecule has 0 amide bonds. The predicted molar refractivity (Wildman–Crippen MR) is 129 cm³/mol. The van der Waals surface area contributed by atoms with Crippen molar-refractivity contribution < 1.29 is 9.84 Å². The Kier molecular flexibility index (Phi) is 6.64. The minimum Gasteiger partial charge on any atom is -0.507 e. The highest BCUT2D eigenvalue weighted by molar-refractivity contribution is 5.84.